The maximum Gasteiger partial charge on any atom is 0.0647 e. The molecule has 0 aromatic rings. The Kier molecular flexibility index (Phi) is 5.03. The fourth-order valence-corrected chi connectivity index (χ4v) is 2.19. The van der Waals surface area contributed by atoms with Crippen molar-refractivity contribution >= 4 is 0 Å². The molecular weight excluding hydrogens is 190 g/mol. The van der Waals surface area contributed by atoms with E-state index >= 15 is 0 Å². The van der Waals surface area contributed by atoms with Gasteiger partial charge in [0, 0.05) is 26.7 Å². The molecular formula is C12H25NO2. The summed E-state index contributed by atoms with van der Waals surface area (Å²) in [7, 11) is 3.78. The summed E-state index contributed by atoms with van der Waals surface area (Å²) in [5.41, 5.74) is -0.0754. The predicted molar refractivity (Wildman–Crippen MR) is 62.1 cm³/mol. The number of hydrogen-bond acceptors (Lipinski definition) is 3. The minimum Gasteiger partial charge on any atom is -0.379 e. The molecule has 0 aliphatic carbocycles. The van der Waals surface area contributed by atoms with Crippen molar-refractivity contribution in [1.29, 1.82) is 0 Å². The van der Waals surface area contributed by atoms with Gasteiger partial charge < -0.3 is 14.8 Å². The van der Waals surface area contributed by atoms with Gasteiger partial charge >= 0.3 is 0 Å². The Hall–Kier alpha value is -0.120. The van der Waals surface area contributed by atoms with Crippen molar-refractivity contribution in [2.45, 2.75) is 44.8 Å². The first-order valence-corrected chi connectivity index (χ1v) is 5.90. The highest BCUT2D eigenvalue weighted by atomic mass is 16.5. The fraction of sp³-hybridized carbons (Fsp3) is 1.00. The molecule has 0 aromatic heterocycles. The van der Waals surface area contributed by atoms with E-state index in [0.29, 0.717) is 12.0 Å². The minimum absolute atomic E-state index is 0.0754. The summed E-state index contributed by atoms with van der Waals surface area (Å²) >= 11 is 0. The Morgan fingerprint density at radius 3 is 2.80 bits per heavy atom. The SMILES string of the molecule is CNCC1CCCOC1CC(C)(C)OC. The average molecular weight is 215 g/mol. The molecule has 1 aliphatic heterocycles. The average Bonchev–Trinajstić information content (AvgIpc) is 2.21. The quantitative estimate of drug-likeness (QED) is 0.759. The van der Waals surface area contributed by atoms with Crippen molar-refractivity contribution in [3.8, 4) is 0 Å². The Balaban J connectivity index is 2.48. The molecule has 90 valence electrons. The highest BCUT2D eigenvalue weighted by Gasteiger charge is 2.31. The van der Waals surface area contributed by atoms with Gasteiger partial charge in [0.05, 0.1) is 11.7 Å². The molecule has 0 radical (unpaired) electrons. The largest absolute Gasteiger partial charge is 0.379 e. The van der Waals surface area contributed by atoms with Gasteiger partial charge in [-0.2, -0.15) is 0 Å². The van der Waals surface area contributed by atoms with E-state index in [1.807, 2.05) is 7.05 Å². The van der Waals surface area contributed by atoms with Gasteiger partial charge in [0.2, 0.25) is 0 Å². The number of hydrogen-bond donors (Lipinski definition) is 1. The third kappa shape index (κ3) is 4.09. The van der Waals surface area contributed by atoms with E-state index < -0.39 is 0 Å². The number of nitrogens with one attached hydrogen (secondary N) is 1. The molecule has 2 atom stereocenters. The third-order valence-corrected chi connectivity index (χ3v) is 3.29. The molecule has 15 heavy (non-hydrogen) atoms. The van der Waals surface area contributed by atoms with E-state index in [4.69, 9.17) is 9.47 Å². The van der Waals surface area contributed by atoms with Gasteiger partial charge in [0.15, 0.2) is 0 Å². The van der Waals surface area contributed by atoms with E-state index in [9.17, 15) is 0 Å². The van der Waals surface area contributed by atoms with Gasteiger partial charge in [-0.25, -0.2) is 0 Å². The smallest absolute Gasteiger partial charge is 0.0647 e. The standard InChI is InChI=1S/C12H25NO2/c1-12(2,14-4)8-11-10(9-13-3)6-5-7-15-11/h10-11,13H,5-9H2,1-4H3. The van der Waals surface area contributed by atoms with Gasteiger partial charge in [0.1, 0.15) is 0 Å². The van der Waals surface area contributed by atoms with Crippen LogP contribution in [0.3, 0.4) is 0 Å². The lowest BCUT2D eigenvalue weighted by atomic mass is 9.87. The van der Waals surface area contributed by atoms with Crippen LogP contribution in [0.5, 0.6) is 0 Å². The maximum atomic E-state index is 5.86. The molecule has 0 amide bonds. The van der Waals surface area contributed by atoms with Crippen molar-refractivity contribution in [1.82, 2.24) is 5.32 Å². The molecule has 1 fully saturated rings. The molecule has 0 aromatic carbocycles. The second-order valence-electron chi connectivity index (χ2n) is 5.04. The predicted octanol–water partition coefficient (Wildman–Crippen LogP) is 1.82. The molecule has 0 spiro atoms. The summed E-state index contributed by atoms with van der Waals surface area (Å²) in [6, 6.07) is 0. The molecule has 1 rings (SSSR count). The van der Waals surface area contributed by atoms with E-state index in [1.54, 1.807) is 7.11 Å². The lowest BCUT2D eigenvalue weighted by molar-refractivity contribution is -0.0830. The van der Waals surface area contributed by atoms with E-state index in [0.717, 1.165) is 19.6 Å². The first-order chi connectivity index (χ1) is 7.09. The second-order valence-corrected chi connectivity index (χ2v) is 5.04. The lowest BCUT2D eigenvalue weighted by Crippen LogP contribution is -2.41. The summed E-state index contributed by atoms with van der Waals surface area (Å²) in [6.45, 7) is 6.21. The molecule has 3 heteroatoms. The zero-order valence-electron chi connectivity index (χ0n) is 10.5. The summed E-state index contributed by atoms with van der Waals surface area (Å²) in [5, 5.41) is 3.25. The highest BCUT2D eigenvalue weighted by Crippen LogP contribution is 2.28. The number of methoxy groups -OCH3 is 1. The second kappa shape index (κ2) is 5.83. The Morgan fingerprint density at radius 2 is 2.20 bits per heavy atom. The first-order valence-electron chi connectivity index (χ1n) is 5.90. The van der Waals surface area contributed by atoms with Crippen LogP contribution in [0.15, 0.2) is 0 Å². The van der Waals surface area contributed by atoms with Crippen LogP contribution in [0, 0.1) is 5.92 Å². The Labute approximate surface area is 93.5 Å². The number of rotatable bonds is 5. The molecule has 1 N–H and O–H groups in total. The summed E-state index contributed by atoms with van der Waals surface area (Å²) < 4.78 is 11.3. The van der Waals surface area contributed by atoms with Crippen LogP contribution in [-0.2, 0) is 9.47 Å². The molecule has 2 unspecified atom stereocenters. The molecule has 0 saturated carbocycles. The zero-order valence-corrected chi connectivity index (χ0v) is 10.5. The molecule has 1 heterocycles. The topological polar surface area (TPSA) is 30.5 Å². The highest BCUT2D eigenvalue weighted by molar-refractivity contribution is 4.82. The first kappa shape index (κ1) is 12.9. The maximum absolute atomic E-state index is 5.86. The van der Waals surface area contributed by atoms with Crippen LogP contribution in [0.4, 0.5) is 0 Å². The Bertz CT molecular complexity index is 180. The van der Waals surface area contributed by atoms with Crippen molar-refractivity contribution in [2.24, 2.45) is 5.92 Å². The molecule has 1 saturated heterocycles. The van der Waals surface area contributed by atoms with Gasteiger partial charge in [-0.3, -0.25) is 0 Å². The summed E-state index contributed by atoms with van der Waals surface area (Å²) in [4.78, 5) is 0. The Morgan fingerprint density at radius 1 is 1.47 bits per heavy atom. The van der Waals surface area contributed by atoms with Crippen molar-refractivity contribution in [3.63, 3.8) is 0 Å². The fourth-order valence-electron chi connectivity index (χ4n) is 2.19. The van der Waals surface area contributed by atoms with Crippen LogP contribution in [0.2, 0.25) is 0 Å². The van der Waals surface area contributed by atoms with Crippen LogP contribution >= 0.6 is 0 Å². The van der Waals surface area contributed by atoms with Crippen LogP contribution in [-0.4, -0.2) is 39.0 Å². The van der Waals surface area contributed by atoms with Crippen LogP contribution < -0.4 is 5.32 Å². The van der Waals surface area contributed by atoms with Crippen molar-refractivity contribution in [3.05, 3.63) is 0 Å². The molecule has 0 bridgehead atoms. The summed E-state index contributed by atoms with van der Waals surface area (Å²) in [5.74, 6) is 0.637. The van der Waals surface area contributed by atoms with Gasteiger partial charge in [-0.05, 0) is 39.7 Å². The van der Waals surface area contributed by atoms with Crippen molar-refractivity contribution in [2.75, 3.05) is 27.3 Å². The van der Waals surface area contributed by atoms with Gasteiger partial charge in [-0.15, -0.1) is 0 Å². The number of ether oxygens (including phenoxy) is 2. The van der Waals surface area contributed by atoms with Crippen molar-refractivity contribution < 1.29 is 9.47 Å². The molecule has 1 aliphatic rings. The van der Waals surface area contributed by atoms with Gasteiger partial charge in [0.25, 0.3) is 0 Å². The van der Waals surface area contributed by atoms with E-state index in [-0.39, 0.29) is 5.60 Å². The van der Waals surface area contributed by atoms with Crippen LogP contribution in [0.25, 0.3) is 0 Å². The summed E-state index contributed by atoms with van der Waals surface area (Å²) in [6.07, 6.45) is 3.79. The normalized spacial score (nSPS) is 28.0. The van der Waals surface area contributed by atoms with Crippen LogP contribution in [0.1, 0.15) is 33.1 Å². The third-order valence-electron chi connectivity index (χ3n) is 3.29. The zero-order chi connectivity index (χ0) is 11.3. The van der Waals surface area contributed by atoms with E-state index in [1.165, 1.54) is 12.8 Å². The molecule has 3 nitrogen and oxygen atoms in total. The minimum atomic E-state index is -0.0754. The van der Waals surface area contributed by atoms with E-state index in [2.05, 4.69) is 19.2 Å². The lowest BCUT2D eigenvalue weighted by Gasteiger charge is -2.36. The monoisotopic (exact) mass is 215 g/mol. The van der Waals surface area contributed by atoms with Gasteiger partial charge in [-0.1, -0.05) is 0 Å².